The summed E-state index contributed by atoms with van der Waals surface area (Å²) in [6.45, 7) is 3.95. The third kappa shape index (κ3) is 5.22. The Bertz CT molecular complexity index is 1390. The van der Waals surface area contributed by atoms with Gasteiger partial charge in [0, 0.05) is 22.3 Å². The highest BCUT2D eigenvalue weighted by atomic mass is 19.2. The molecule has 0 spiro atoms. The molecule has 0 unspecified atom stereocenters. The maximum absolute atomic E-state index is 15.4. The van der Waals surface area contributed by atoms with E-state index in [1.807, 2.05) is 6.92 Å². The van der Waals surface area contributed by atoms with Gasteiger partial charge in [0.15, 0.2) is 23.3 Å². The molecule has 0 N–H and O–H groups in total. The van der Waals surface area contributed by atoms with Gasteiger partial charge in [0.05, 0.1) is 0 Å². The number of hydrogen-bond acceptors (Lipinski definition) is 0. The van der Waals surface area contributed by atoms with E-state index >= 15 is 13.2 Å². The highest BCUT2D eigenvalue weighted by Gasteiger charge is 2.19. The molecule has 0 nitrogen and oxygen atoms in total. The SMILES string of the molecule is CCCCc1ccc(/C(F)=C(\F)c2ccc(/C(F)=C(\F)c3ccc(C)cc3)c3ccccc23)cc1. The van der Waals surface area contributed by atoms with Crippen LogP contribution < -0.4 is 0 Å². The Labute approximate surface area is 203 Å². The summed E-state index contributed by atoms with van der Waals surface area (Å²) >= 11 is 0. The van der Waals surface area contributed by atoms with Crippen molar-refractivity contribution in [1.29, 1.82) is 0 Å². The average molecular weight is 475 g/mol. The molecule has 0 aliphatic heterocycles. The molecule has 0 amide bonds. The van der Waals surface area contributed by atoms with Crippen molar-refractivity contribution < 1.29 is 17.6 Å². The molecule has 4 aromatic carbocycles. The fourth-order valence-corrected chi connectivity index (χ4v) is 4.07. The van der Waals surface area contributed by atoms with Crippen molar-refractivity contribution in [3.8, 4) is 0 Å². The quantitative estimate of drug-likeness (QED) is 0.185. The Morgan fingerprint density at radius 1 is 0.571 bits per heavy atom. The lowest BCUT2D eigenvalue weighted by Gasteiger charge is -2.11. The first-order valence-electron chi connectivity index (χ1n) is 11.7. The summed E-state index contributed by atoms with van der Waals surface area (Å²) in [5, 5.41) is 0.590. The second-order valence-electron chi connectivity index (χ2n) is 8.63. The molecule has 0 atom stereocenters. The van der Waals surface area contributed by atoms with Gasteiger partial charge in [0.2, 0.25) is 0 Å². The third-order valence-electron chi connectivity index (χ3n) is 6.11. The van der Waals surface area contributed by atoms with Crippen LogP contribution in [-0.2, 0) is 6.42 Å². The number of fused-ring (bicyclic) bond motifs is 1. The summed E-state index contributed by atoms with van der Waals surface area (Å²) in [7, 11) is 0. The molecule has 0 saturated carbocycles. The van der Waals surface area contributed by atoms with Gasteiger partial charge in [-0.2, -0.15) is 0 Å². The maximum atomic E-state index is 15.4. The monoisotopic (exact) mass is 474 g/mol. The molecule has 178 valence electrons. The normalized spacial score (nSPS) is 13.0. The van der Waals surface area contributed by atoms with Crippen LogP contribution in [0.1, 0.15) is 53.1 Å². The molecule has 0 fully saturated rings. The molecule has 4 rings (SSSR count). The van der Waals surface area contributed by atoms with E-state index in [0.29, 0.717) is 10.8 Å². The van der Waals surface area contributed by atoms with Gasteiger partial charge in [-0.25, -0.2) is 17.6 Å². The predicted octanol–water partition coefficient (Wildman–Crippen LogP) is 10.0. The summed E-state index contributed by atoms with van der Waals surface area (Å²) in [6, 6.07) is 22.2. The van der Waals surface area contributed by atoms with Crippen LogP contribution in [0.5, 0.6) is 0 Å². The highest BCUT2D eigenvalue weighted by molar-refractivity contribution is 6.03. The van der Waals surface area contributed by atoms with Gasteiger partial charge in [0.1, 0.15) is 0 Å². The maximum Gasteiger partial charge on any atom is 0.167 e. The molecule has 35 heavy (non-hydrogen) atoms. The van der Waals surface area contributed by atoms with Crippen LogP contribution >= 0.6 is 0 Å². The molecule has 4 heteroatoms. The lowest BCUT2D eigenvalue weighted by atomic mass is 9.96. The van der Waals surface area contributed by atoms with E-state index in [2.05, 4.69) is 6.92 Å². The fraction of sp³-hybridized carbons (Fsp3) is 0.161. The van der Waals surface area contributed by atoms with Crippen molar-refractivity contribution in [2.24, 2.45) is 0 Å². The van der Waals surface area contributed by atoms with E-state index in [9.17, 15) is 4.39 Å². The lowest BCUT2D eigenvalue weighted by Crippen LogP contribution is -1.92. The number of benzene rings is 4. The molecular formula is C31H26F4. The van der Waals surface area contributed by atoms with Gasteiger partial charge < -0.3 is 0 Å². The molecule has 0 radical (unpaired) electrons. The lowest BCUT2D eigenvalue weighted by molar-refractivity contribution is 0.699. The zero-order valence-corrected chi connectivity index (χ0v) is 19.7. The van der Waals surface area contributed by atoms with Gasteiger partial charge >= 0.3 is 0 Å². The van der Waals surface area contributed by atoms with Gasteiger partial charge in [-0.15, -0.1) is 0 Å². The molecule has 0 aromatic heterocycles. The molecule has 0 saturated heterocycles. The van der Waals surface area contributed by atoms with Crippen molar-refractivity contribution in [2.75, 3.05) is 0 Å². The van der Waals surface area contributed by atoms with Crippen molar-refractivity contribution in [3.05, 3.63) is 118 Å². The Morgan fingerprint density at radius 3 is 1.49 bits per heavy atom. The third-order valence-corrected chi connectivity index (χ3v) is 6.11. The average Bonchev–Trinajstić information content (AvgIpc) is 2.90. The van der Waals surface area contributed by atoms with E-state index in [1.165, 1.54) is 24.3 Å². The van der Waals surface area contributed by atoms with Crippen LogP contribution in [0.15, 0.2) is 84.9 Å². The Hall–Kier alpha value is -3.66. The van der Waals surface area contributed by atoms with Crippen molar-refractivity contribution >= 4 is 34.1 Å². The Kier molecular flexibility index (Phi) is 7.50. The van der Waals surface area contributed by atoms with E-state index in [-0.39, 0.29) is 22.3 Å². The van der Waals surface area contributed by atoms with E-state index in [0.717, 1.165) is 30.4 Å². The number of hydrogen-bond donors (Lipinski definition) is 0. The summed E-state index contributed by atoms with van der Waals surface area (Å²) in [4.78, 5) is 0. The van der Waals surface area contributed by atoms with Crippen molar-refractivity contribution in [3.63, 3.8) is 0 Å². The minimum atomic E-state index is -1.05. The summed E-state index contributed by atoms with van der Waals surface area (Å²) in [5.74, 6) is -4.10. The predicted molar refractivity (Wildman–Crippen MR) is 138 cm³/mol. The molecule has 0 aliphatic carbocycles. The van der Waals surface area contributed by atoms with Crippen LogP contribution in [0.4, 0.5) is 17.6 Å². The van der Waals surface area contributed by atoms with Gasteiger partial charge in [-0.05, 0) is 36.1 Å². The second kappa shape index (κ2) is 10.7. The zero-order chi connectivity index (χ0) is 24.9. The van der Waals surface area contributed by atoms with Gasteiger partial charge in [-0.3, -0.25) is 0 Å². The minimum absolute atomic E-state index is 0.0135. The second-order valence-corrected chi connectivity index (χ2v) is 8.63. The van der Waals surface area contributed by atoms with E-state index in [4.69, 9.17) is 0 Å². The van der Waals surface area contributed by atoms with Crippen LogP contribution in [0.3, 0.4) is 0 Å². The van der Waals surface area contributed by atoms with Crippen molar-refractivity contribution in [2.45, 2.75) is 33.1 Å². The van der Waals surface area contributed by atoms with Gasteiger partial charge in [0.25, 0.3) is 0 Å². The standard InChI is InChI=1S/C31H26F4/c1-3-4-7-21-12-16-23(17-13-21)29(33)31(35)27-19-18-26(24-8-5-6-9-25(24)27)30(34)28(32)22-14-10-20(2)11-15-22/h5-6,8-19H,3-4,7H2,1-2H3/b30-28+,31-29+. The Balaban J connectivity index is 1.77. The van der Waals surface area contributed by atoms with E-state index < -0.39 is 23.3 Å². The number of aryl methyl sites for hydroxylation is 2. The zero-order valence-electron chi connectivity index (χ0n) is 19.7. The van der Waals surface area contributed by atoms with Gasteiger partial charge in [-0.1, -0.05) is 104 Å². The van der Waals surface area contributed by atoms with Crippen LogP contribution in [0.2, 0.25) is 0 Å². The summed E-state index contributed by atoms with van der Waals surface area (Å²) in [6.07, 6.45) is 2.97. The molecule has 0 bridgehead atoms. The molecular weight excluding hydrogens is 448 g/mol. The van der Waals surface area contributed by atoms with Crippen LogP contribution in [0.25, 0.3) is 34.1 Å². The highest BCUT2D eigenvalue weighted by Crippen LogP contribution is 2.38. The smallest absolute Gasteiger partial charge is 0.167 e. The number of rotatable bonds is 7. The minimum Gasteiger partial charge on any atom is -0.203 e. The Morgan fingerprint density at radius 2 is 1.03 bits per heavy atom. The number of unbranched alkanes of at least 4 members (excludes halogenated alkanes) is 1. The summed E-state index contributed by atoms with van der Waals surface area (Å²) in [5.41, 5.74) is 2.21. The first kappa shape index (κ1) is 24.5. The number of halogens is 4. The van der Waals surface area contributed by atoms with Crippen molar-refractivity contribution in [1.82, 2.24) is 0 Å². The molecule has 4 aromatic rings. The molecule has 0 heterocycles. The van der Waals surface area contributed by atoms with Crippen LogP contribution in [0, 0.1) is 6.92 Å². The van der Waals surface area contributed by atoms with Crippen LogP contribution in [-0.4, -0.2) is 0 Å². The summed E-state index contributed by atoms with van der Waals surface area (Å²) < 4.78 is 60.7. The molecule has 0 aliphatic rings. The largest absolute Gasteiger partial charge is 0.203 e. The first-order chi connectivity index (χ1) is 16.9. The van der Waals surface area contributed by atoms with E-state index in [1.54, 1.807) is 60.7 Å². The fourth-order valence-electron chi connectivity index (χ4n) is 4.07. The first-order valence-corrected chi connectivity index (χ1v) is 11.7. The topological polar surface area (TPSA) is 0 Å².